The van der Waals surface area contributed by atoms with Gasteiger partial charge < -0.3 is 10.1 Å². The van der Waals surface area contributed by atoms with Gasteiger partial charge in [0.05, 0.1) is 17.4 Å². The summed E-state index contributed by atoms with van der Waals surface area (Å²) < 4.78 is 5.27. The van der Waals surface area contributed by atoms with Crippen LogP contribution in [0.3, 0.4) is 0 Å². The molecular weight excluding hydrogens is 416 g/mol. The van der Waals surface area contributed by atoms with Gasteiger partial charge in [-0.05, 0) is 37.6 Å². The predicted molar refractivity (Wildman–Crippen MR) is 119 cm³/mol. The van der Waals surface area contributed by atoms with Crippen LogP contribution in [0, 0.1) is 0 Å². The molecule has 3 aromatic rings. The maximum atomic E-state index is 12.2. The van der Waals surface area contributed by atoms with Crippen molar-refractivity contribution >= 4 is 29.3 Å². The average Bonchev–Trinajstić information content (AvgIpc) is 2.78. The Labute approximate surface area is 183 Å². The number of ether oxygens (including phenoxy) is 1. The summed E-state index contributed by atoms with van der Waals surface area (Å²) in [6.07, 6.45) is 0.586. The van der Waals surface area contributed by atoms with Gasteiger partial charge in [-0.2, -0.15) is 0 Å². The van der Waals surface area contributed by atoms with Crippen LogP contribution >= 0.6 is 11.8 Å². The van der Waals surface area contributed by atoms with Crippen molar-refractivity contribution in [3.8, 4) is 11.3 Å². The molecule has 1 atom stereocenters. The first kappa shape index (κ1) is 22.2. The average molecular weight is 439 g/mol. The molecule has 0 bridgehead atoms. The van der Waals surface area contributed by atoms with E-state index in [0.717, 1.165) is 18.2 Å². The van der Waals surface area contributed by atoms with E-state index in [1.54, 1.807) is 36.4 Å². The number of carbonyl (C=O) groups is 2. The van der Waals surface area contributed by atoms with Crippen LogP contribution in [0.2, 0.25) is 0 Å². The Hall–Kier alpha value is -3.46. The van der Waals surface area contributed by atoms with Gasteiger partial charge >= 0.3 is 5.97 Å². The number of amides is 1. The Morgan fingerprint density at radius 2 is 1.81 bits per heavy atom. The summed E-state index contributed by atoms with van der Waals surface area (Å²) in [6, 6.07) is 15.5. The smallest absolute Gasteiger partial charge is 0.338 e. The Morgan fingerprint density at radius 1 is 1.10 bits per heavy atom. The summed E-state index contributed by atoms with van der Waals surface area (Å²) in [5.41, 5.74) is 1.48. The highest BCUT2D eigenvalue weighted by atomic mass is 32.2. The molecule has 0 saturated carbocycles. The van der Waals surface area contributed by atoms with Crippen molar-refractivity contribution in [2.75, 3.05) is 11.1 Å². The molecule has 2 aromatic carbocycles. The van der Waals surface area contributed by atoms with Crippen molar-refractivity contribution in [3.05, 3.63) is 70.5 Å². The maximum absolute atomic E-state index is 12.2. The second-order valence-electron chi connectivity index (χ2n) is 6.71. The first-order valence-electron chi connectivity index (χ1n) is 9.72. The molecule has 9 heteroatoms. The number of esters is 1. The number of nitrogens with one attached hydrogen (secondary N) is 2. The first-order chi connectivity index (χ1) is 15.0. The number of hydrogen-bond acceptors (Lipinski definition) is 7. The quantitative estimate of drug-likeness (QED) is 0.408. The standard InChI is InChI=1S/C22H22N4O4S/c1-3-14(2)30-21(29)16-9-11-17(12-10-16)23-18(27)13-31-22-24-20(28)19(25-26-22)15-7-5-4-6-8-15/h4-12,14H,3,13H2,1-2H3,(H,23,27)(H,24,26,28). The number of aromatic amines is 1. The maximum Gasteiger partial charge on any atom is 0.338 e. The fourth-order valence-corrected chi connectivity index (χ4v) is 3.13. The summed E-state index contributed by atoms with van der Waals surface area (Å²) in [5.74, 6) is -0.647. The lowest BCUT2D eigenvalue weighted by atomic mass is 10.2. The molecule has 0 saturated heterocycles. The largest absolute Gasteiger partial charge is 0.459 e. The normalized spacial score (nSPS) is 11.5. The number of carbonyl (C=O) groups excluding carboxylic acids is 2. The van der Waals surface area contributed by atoms with E-state index >= 15 is 0 Å². The van der Waals surface area contributed by atoms with Crippen LogP contribution in [0.1, 0.15) is 30.6 Å². The second-order valence-corrected chi connectivity index (χ2v) is 7.68. The number of nitrogens with zero attached hydrogens (tertiary/aromatic N) is 2. The molecule has 31 heavy (non-hydrogen) atoms. The molecular formula is C22H22N4O4S. The SMILES string of the molecule is CCC(C)OC(=O)c1ccc(NC(=O)CSc2nnc(-c3ccccc3)c(=O)[nH]2)cc1. The Balaban J connectivity index is 1.54. The van der Waals surface area contributed by atoms with Crippen LogP contribution in [-0.2, 0) is 9.53 Å². The number of anilines is 1. The molecule has 8 nitrogen and oxygen atoms in total. The van der Waals surface area contributed by atoms with Crippen molar-refractivity contribution in [2.45, 2.75) is 31.5 Å². The van der Waals surface area contributed by atoms with Crippen molar-refractivity contribution < 1.29 is 14.3 Å². The van der Waals surface area contributed by atoms with Gasteiger partial charge in [0.15, 0.2) is 10.9 Å². The monoisotopic (exact) mass is 438 g/mol. The molecule has 0 radical (unpaired) electrons. The third-order valence-corrected chi connectivity index (χ3v) is 5.21. The molecule has 0 spiro atoms. The fraction of sp³-hybridized carbons (Fsp3) is 0.227. The van der Waals surface area contributed by atoms with Crippen LogP contribution in [-0.4, -0.2) is 38.9 Å². The summed E-state index contributed by atoms with van der Waals surface area (Å²) in [7, 11) is 0. The summed E-state index contributed by atoms with van der Waals surface area (Å²) in [6.45, 7) is 3.77. The number of rotatable bonds is 8. The third kappa shape index (κ3) is 6.26. The lowest BCUT2D eigenvalue weighted by molar-refractivity contribution is -0.113. The molecule has 0 aliphatic rings. The lowest BCUT2D eigenvalue weighted by Gasteiger charge is -2.11. The number of H-pyrrole nitrogens is 1. The fourth-order valence-electron chi connectivity index (χ4n) is 2.53. The zero-order chi connectivity index (χ0) is 22.2. The second kappa shape index (κ2) is 10.5. The van der Waals surface area contributed by atoms with Crippen molar-refractivity contribution in [3.63, 3.8) is 0 Å². The van der Waals surface area contributed by atoms with E-state index in [9.17, 15) is 14.4 Å². The van der Waals surface area contributed by atoms with E-state index in [0.29, 0.717) is 16.8 Å². The van der Waals surface area contributed by atoms with Gasteiger partial charge in [-0.15, -0.1) is 10.2 Å². The van der Waals surface area contributed by atoms with Gasteiger partial charge in [-0.3, -0.25) is 14.6 Å². The number of hydrogen-bond donors (Lipinski definition) is 2. The van der Waals surface area contributed by atoms with E-state index in [1.165, 1.54) is 0 Å². The molecule has 0 fully saturated rings. The number of aromatic nitrogens is 3. The van der Waals surface area contributed by atoms with Gasteiger partial charge in [0.1, 0.15) is 0 Å². The number of benzene rings is 2. The van der Waals surface area contributed by atoms with Gasteiger partial charge in [0, 0.05) is 11.3 Å². The van der Waals surface area contributed by atoms with Crippen LogP contribution in [0.15, 0.2) is 64.5 Å². The van der Waals surface area contributed by atoms with Gasteiger partial charge in [-0.25, -0.2) is 4.79 Å². The minimum atomic E-state index is -0.399. The molecule has 1 amide bonds. The minimum Gasteiger partial charge on any atom is -0.459 e. The summed E-state index contributed by atoms with van der Waals surface area (Å²) >= 11 is 1.07. The minimum absolute atomic E-state index is 0.0348. The van der Waals surface area contributed by atoms with Crippen molar-refractivity contribution in [2.24, 2.45) is 0 Å². The molecule has 2 N–H and O–H groups in total. The zero-order valence-corrected chi connectivity index (χ0v) is 17.9. The lowest BCUT2D eigenvalue weighted by Crippen LogP contribution is -2.17. The van der Waals surface area contributed by atoms with E-state index in [2.05, 4.69) is 20.5 Å². The highest BCUT2D eigenvalue weighted by molar-refractivity contribution is 7.99. The van der Waals surface area contributed by atoms with Crippen LogP contribution in [0.5, 0.6) is 0 Å². The van der Waals surface area contributed by atoms with Crippen LogP contribution < -0.4 is 10.9 Å². The van der Waals surface area contributed by atoms with E-state index in [-0.39, 0.29) is 34.2 Å². The van der Waals surface area contributed by atoms with Crippen LogP contribution in [0.4, 0.5) is 5.69 Å². The molecule has 0 aliphatic carbocycles. The molecule has 1 unspecified atom stereocenters. The third-order valence-electron chi connectivity index (χ3n) is 4.35. The van der Waals surface area contributed by atoms with E-state index in [4.69, 9.17) is 4.74 Å². The Bertz CT molecular complexity index is 1100. The molecule has 3 rings (SSSR count). The van der Waals surface area contributed by atoms with E-state index < -0.39 is 5.97 Å². The van der Waals surface area contributed by atoms with Gasteiger partial charge in [0.2, 0.25) is 5.91 Å². The molecule has 1 heterocycles. The Kier molecular flexibility index (Phi) is 7.55. The Morgan fingerprint density at radius 3 is 2.45 bits per heavy atom. The molecule has 0 aliphatic heterocycles. The first-order valence-corrected chi connectivity index (χ1v) is 10.7. The molecule has 1 aromatic heterocycles. The van der Waals surface area contributed by atoms with Gasteiger partial charge in [-0.1, -0.05) is 49.0 Å². The summed E-state index contributed by atoms with van der Waals surface area (Å²) in [5, 5.41) is 10.9. The highest BCUT2D eigenvalue weighted by Crippen LogP contribution is 2.16. The number of thioether (sulfide) groups is 1. The van der Waals surface area contributed by atoms with E-state index in [1.807, 2.05) is 32.0 Å². The highest BCUT2D eigenvalue weighted by Gasteiger charge is 2.12. The van der Waals surface area contributed by atoms with Crippen molar-refractivity contribution in [1.82, 2.24) is 15.2 Å². The molecule has 160 valence electrons. The van der Waals surface area contributed by atoms with Crippen LogP contribution in [0.25, 0.3) is 11.3 Å². The topological polar surface area (TPSA) is 114 Å². The van der Waals surface area contributed by atoms with Crippen molar-refractivity contribution in [1.29, 1.82) is 0 Å². The van der Waals surface area contributed by atoms with Gasteiger partial charge in [0.25, 0.3) is 5.56 Å². The summed E-state index contributed by atoms with van der Waals surface area (Å²) in [4.78, 5) is 39.1. The predicted octanol–water partition coefficient (Wildman–Crippen LogP) is 3.52. The zero-order valence-electron chi connectivity index (χ0n) is 17.1.